The van der Waals surface area contributed by atoms with Crippen LogP contribution in [0.1, 0.15) is 55.3 Å². The summed E-state index contributed by atoms with van der Waals surface area (Å²) in [7, 11) is 0. The Morgan fingerprint density at radius 2 is 1.84 bits per heavy atom. The number of carbonyl (C=O) groups is 3. The van der Waals surface area contributed by atoms with Crippen molar-refractivity contribution < 1.29 is 23.9 Å². The van der Waals surface area contributed by atoms with Crippen LogP contribution < -0.4 is 0 Å². The third-order valence-corrected chi connectivity index (χ3v) is 5.80. The van der Waals surface area contributed by atoms with E-state index in [0.29, 0.717) is 23.6 Å². The minimum Gasteiger partial charge on any atom is -0.456 e. The Balaban J connectivity index is 1.31. The van der Waals surface area contributed by atoms with Crippen LogP contribution in [0.4, 0.5) is 0 Å². The average Bonchev–Trinajstić information content (AvgIpc) is 3.40. The lowest BCUT2D eigenvalue weighted by Crippen LogP contribution is -2.36. The van der Waals surface area contributed by atoms with Gasteiger partial charge in [0.25, 0.3) is 11.8 Å². The lowest BCUT2D eigenvalue weighted by atomic mass is 10.1. The number of hydrogen-bond donors (Lipinski definition) is 0. The minimum absolute atomic E-state index is 0.0440. The van der Waals surface area contributed by atoms with E-state index < -0.39 is 11.9 Å². The Bertz CT molecular complexity index is 1250. The summed E-state index contributed by atoms with van der Waals surface area (Å²) >= 11 is 0. The number of benzene rings is 2. The monoisotopic (exact) mass is 431 g/mol. The van der Waals surface area contributed by atoms with Crippen LogP contribution in [-0.2, 0) is 16.1 Å². The molecule has 0 aliphatic carbocycles. The zero-order valence-corrected chi connectivity index (χ0v) is 17.5. The minimum atomic E-state index is -0.597. The molecule has 0 spiro atoms. The van der Waals surface area contributed by atoms with Crippen molar-refractivity contribution in [3.8, 4) is 0 Å². The number of nitrogens with zero attached hydrogens (tertiary/aromatic N) is 3. The summed E-state index contributed by atoms with van der Waals surface area (Å²) in [5.41, 5.74) is 3.44. The van der Waals surface area contributed by atoms with Crippen LogP contribution in [0.25, 0.3) is 11.0 Å². The fourth-order valence-electron chi connectivity index (χ4n) is 4.05. The highest BCUT2D eigenvalue weighted by Gasteiger charge is 2.38. The molecule has 5 rings (SSSR count). The van der Waals surface area contributed by atoms with Crippen molar-refractivity contribution in [1.29, 1.82) is 0 Å². The average molecular weight is 431 g/mol. The van der Waals surface area contributed by atoms with Crippen LogP contribution in [0.3, 0.4) is 0 Å². The topological polar surface area (TPSA) is 98.7 Å². The number of aryl methyl sites for hydroxylation is 1. The molecule has 1 atom stereocenters. The first-order chi connectivity index (χ1) is 15.5. The fourth-order valence-corrected chi connectivity index (χ4v) is 4.05. The molecule has 0 N–H and O–H groups in total. The standard InChI is InChI=1S/C24H21N3O5/c1-14-21(26-20-7-3-2-6-19(20)25-14)13-32-24(30)15-8-9-17-18(11-15)23(29)27(22(17)28)12-16-5-4-10-31-16/h2-3,6-9,11,16H,4-5,10,12-13H2,1H3. The third-order valence-electron chi connectivity index (χ3n) is 5.80. The number of amides is 2. The van der Waals surface area contributed by atoms with Gasteiger partial charge in [-0.1, -0.05) is 12.1 Å². The van der Waals surface area contributed by atoms with E-state index in [0.717, 1.165) is 23.9 Å². The summed E-state index contributed by atoms with van der Waals surface area (Å²) in [4.78, 5) is 48.3. The summed E-state index contributed by atoms with van der Waals surface area (Å²) in [6, 6.07) is 11.9. The molecule has 162 valence electrons. The molecule has 2 amide bonds. The van der Waals surface area contributed by atoms with Crippen molar-refractivity contribution in [3.63, 3.8) is 0 Å². The maximum atomic E-state index is 12.8. The predicted molar refractivity (Wildman–Crippen MR) is 114 cm³/mol. The molecule has 1 unspecified atom stereocenters. The van der Waals surface area contributed by atoms with Gasteiger partial charge in [-0.3, -0.25) is 14.5 Å². The van der Waals surface area contributed by atoms with Gasteiger partial charge in [0.1, 0.15) is 6.61 Å². The highest BCUT2D eigenvalue weighted by atomic mass is 16.5. The van der Waals surface area contributed by atoms with E-state index in [9.17, 15) is 14.4 Å². The smallest absolute Gasteiger partial charge is 0.338 e. The van der Waals surface area contributed by atoms with Gasteiger partial charge in [0.2, 0.25) is 0 Å². The van der Waals surface area contributed by atoms with Crippen LogP contribution in [0, 0.1) is 6.92 Å². The van der Waals surface area contributed by atoms with Crippen molar-refractivity contribution in [2.45, 2.75) is 32.5 Å². The van der Waals surface area contributed by atoms with Gasteiger partial charge in [0.05, 0.1) is 51.8 Å². The molecule has 1 fully saturated rings. The molecule has 32 heavy (non-hydrogen) atoms. The number of ether oxygens (including phenoxy) is 2. The van der Waals surface area contributed by atoms with Crippen LogP contribution >= 0.6 is 0 Å². The molecule has 3 heterocycles. The first-order valence-electron chi connectivity index (χ1n) is 10.5. The molecule has 3 aromatic rings. The summed E-state index contributed by atoms with van der Waals surface area (Å²) in [5.74, 6) is -1.37. The fraction of sp³-hybridized carbons (Fsp3) is 0.292. The molecule has 0 radical (unpaired) electrons. The third kappa shape index (κ3) is 3.62. The Morgan fingerprint density at radius 1 is 1.09 bits per heavy atom. The summed E-state index contributed by atoms with van der Waals surface area (Å²) in [5, 5.41) is 0. The van der Waals surface area contributed by atoms with Crippen LogP contribution in [0.15, 0.2) is 42.5 Å². The molecule has 2 aromatic carbocycles. The molecule has 1 aromatic heterocycles. The van der Waals surface area contributed by atoms with Crippen LogP contribution in [-0.4, -0.2) is 51.9 Å². The van der Waals surface area contributed by atoms with Gasteiger partial charge in [-0.25, -0.2) is 14.8 Å². The van der Waals surface area contributed by atoms with Crippen LogP contribution in [0.5, 0.6) is 0 Å². The molecule has 8 heteroatoms. The molecular weight excluding hydrogens is 410 g/mol. The second-order valence-corrected chi connectivity index (χ2v) is 7.94. The van der Waals surface area contributed by atoms with E-state index in [1.165, 1.54) is 23.1 Å². The molecule has 1 saturated heterocycles. The van der Waals surface area contributed by atoms with E-state index >= 15 is 0 Å². The first kappa shape index (κ1) is 20.3. The largest absolute Gasteiger partial charge is 0.456 e. The Hall–Kier alpha value is -3.65. The highest BCUT2D eigenvalue weighted by molar-refractivity contribution is 6.22. The molecule has 0 bridgehead atoms. The Labute approximate surface area is 184 Å². The second-order valence-electron chi connectivity index (χ2n) is 7.94. The maximum Gasteiger partial charge on any atom is 0.338 e. The quantitative estimate of drug-likeness (QED) is 0.452. The van der Waals surface area contributed by atoms with E-state index in [1.54, 1.807) is 0 Å². The summed E-state index contributed by atoms with van der Waals surface area (Å²) < 4.78 is 11.0. The lowest BCUT2D eigenvalue weighted by Gasteiger charge is -2.17. The van der Waals surface area contributed by atoms with Gasteiger partial charge < -0.3 is 9.47 Å². The number of hydrogen-bond acceptors (Lipinski definition) is 7. The molecule has 2 aliphatic heterocycles. The van der Waals surface area contributed by atoms with Crippen molar-refractivity contribution in [3.05, 3.63) is 70.5 Å². The number of rotatable bonds is 5. The molecular formula is C24H21N3O5. The number of esters is 1. The van der Waals surface area contributed by atoms with E-state index in [1.807, 2.05) is 31.2 Å². The molecule has 8 nitrogen and oxygen atoms in total. The zero-order valence-electron chi connectivity index (χ0n) is 17.5. The van der Waals surface area contributed by atoms with Gasteiger partial charge in [-0.15, -0.1) is 0 Å². The normalized spacial score (nSPS) is 17.8. The van der Waals surface area contributed by atoms with Gasteiger partial charge in [-0.2, -0.15) is 0 Å². The summed E-state index contributed by atoms with van der Waals surface area (Å²) in [6.07, 6.45) is 1.61. The number of imide groups is 1. The molecule has 2 aliphatic rings. The predicted octanol–water partition coefficient (Wildman–Crippen LogP) is 3.07. The maximum absolute atomic E-state index is 12.8. The SMILES string of the molecule is Cc1nc2ccccc2nc1COC(=O)c1ccc2c(c1)C(=O)N(CC1CCCO1)C2=O. The lowest BCUT2D eigenvalue weighted by molar-refractivity contribution is 0.0465. The number of carbonyl (C=O) groups excluding carboxylic acids is 3. The molecule has 0 saturated carbocycles. The number of para-hydroxylation sites is 2. The van der Waals surface area contributed by atoms with Crippen molar-refractivity contribution >= 4 is 28.8 Å². The van der Waals surface area contributed by atoms with Gasteiger partial charge in [-0.05, 0) is 50.1 Å². The van der Waals surface area contributed by atoms with Crippen LogP contribution in [0.2, 0.25) is 0 Å². The van der Waals surface area contributed by atoms with Gasteiger partial charge in [0, 0.05) is 6.61 Å². The first-order valence-corrected chi connectivity index (χ1v) is 10.5. The van der Waals surface area contributed by atoms with E-state index in [4.69, 9.17) is 9.47 Å². The summed E-state index contributed by atoms with van der Waals surface area (Å²) in [6.45, 7) is 2.64. The Kier molecular flexibility index (Phi) is 5.14. The van der Waals surface area contributed by atoms with Gasteiger partial charge in [0.15, 0.2) is 0 Å². The number of aromatic nitrogens is 2. The second kappa shape index (κ2) is 8.12. The van der Waals surface area contributed by atoms with Crippen molar-refractivity contribution in [1.82, 2.24) is 14.9 Å². The Morgan fingerprint density at radius 3 is 2.59 bits per heavy atom. The van der Waals surface area contributed by atoms with E-state index in [-0.39, 0.29) is 36.3 Å². The highest BCUT2D eigenvalue weighted by Crippen LogP contribution is 2.26. The van der Waals surface area contributed by atoms with Crippen molar-refractivity contribution in [2.75, 3.05) is 13.2 Å². The van der Waals surface area contributed by atoms with Gasteiger partial charge >= 0.3 is 5.97 Å². The van der Waals surface area contributed by atoms with E-state index in [2.05, 4.69) is 9.97 Å². The van der Waals surface area contributed by atoms with Crippen molar-refractivity contribution in [2.24, 2.45) is 0 Å². The number of fused-ring (bicyclic) bond motifs is 2. The zero-order chi connectivity index (χ0) is 22.2.